The molecule has 0 aliphatic rings. The molecule has 0 bridgehead atoms. The first-order chi connectivity index (χ1) is 10.0. The van der Waals surface area contributed by atoms with Gasteiger partial charge in [0, 0.05) is 6.04 Å². The number of methoxy groups -OCH3 is 1. The second-order valence-electron chi connectivity index (χ2n) is 5.10. The van der Waals surface area contributed by atoms with E-state index >= 15 is 0 Å². The molecule has 1 aromatic rings. The van der Waals surface area contributed by atoms with Crippen molar-refractivity contribution in [2.24, 2.45) is 5.73 Å². The molecule has 0 heterocycles. The highest BCUT2D eigenvalue weighted by Crippen LogP contribution is 2.29. The van der Waals surface area contributed by atoms with E-state index in [1.165, 1.54) is 0 Å². The van der Waals surface area contributed by atoms with Gasteiger partial charge in [0.15, 0.2) is 17.6 Å². The molecule has 0 spiro atoms. The van der Waals surface area contributed by atoms with E-state index in [1.807, 2.05) is 32.0 Å². The van der Waals surface area contributed by atoms with Crippen LogP contribution in [0, 0.1) is 0 Å². The molecule has 0 fully saturated rings. The van der Waals surface area contributed by atoms with Gasteiger partial charge in [-0.05, 0) is 50.9 Å². The average Bonchev–Trinajstić information content (AvgIpc) is 2.47. The Morgan fingerprint density at radius 2 is 2.05 bits per heavy atom. The molecule has 0 saturated heterocycles. The number of hydrogen-bond donors (Lipinski definition) is 2. The lowest BCUT2D eigenvalue weighted by atomic mass is 10.1. The Kier molecular flexibility index (Phi) is 7.02. The number of rotatable bonds is 8. The molecule has 1 amide bonds. The standard InChI is InChI=1S/C16H26N2O3/c1-5-11(2)18-16(19)12(3)21-15-10-13(8-9-17)6-7-14(15)20-4/h6-7,10-12H,5,8-9,17H2,1-4H3,(H,18,19). The van der Waals surface area contributed by atoms with Crippen LogP contribution in [0.1, 0.15) is 32.8 Å². The van der Waals surface area contributed by atoms with Gasteiger partial charge in [0.2, 0.25) is 0 Å². The Balaban J connectivity index is 2.79. The van der Waals surface area contributed by atoms with Crippen molar-refractivity contribution < 1.29 is 14.3 Å². The molecule has 2 atom stereocenters. The maximum absolute atomic E-state index is 12.0. The lowest BCUT2D eigenvalue weighted by Crippen LogP contribution is -2.41. The van der Waals surface area contributed by atoms with Crippen molar-refractivity contribution >= 4 is 5.91 Å². The van der Waals surface area contributed by atoms with E-state index in [0.29, 0.717) is 18.0 Å². The molecular formula is C16H26N2O3. The Hall–Kier alpha value is -1.75. The molecule has 21 heavy (non-hydrogen) atoms. The molecule has 0 aromatic heterocycles. The first kappa shape index (κ1) is 17.3. The van der Waals surface area contributed by atoms with Gasteiger partial charge in [0.25, 0.3) is 5.91 Å². The summed E-state index contributed by atoms with van der Waals surface area (Å²) in [6.07, 6.45) is 1.06. The van der Waals surface area contributed by atoms with Gasteiger partial charge in [-0.1, -0.05) is 13.0 Å². The van der Waals surface area contributed by atoms with E-state index in [0.717, 1.165) is 18.4 Å². The zero-order chi connectivity index (χ0) is 15.8. The predicted octanol–water partition coefficient (Wildman–Crippen LogP) is 1.88. The number of amides is 1. The van der Waals surface area contributed by atoms with Crippen LogP contribution in [0.2, 0.25) is 0 Å². The SMILES string of the molecule is CCC(C)NC(=O)C(C)Oc1cc(CCN)ccc1OC. The highest BCUT2D eigenvalue weighted by molar-refractivity contribution is 5.81. The molecule has 0 aliphatic carbocycles. The minimum Gasteiger partial charge on any atom is -0.493 e. The first-order valence-corrected chi connectivity index (χ1v) is 7.35. The molecule has 1 aromatic carbocycles. The molecule has 0 saturated carbocycles. The van der Waals surface area contributed by atoms with Gasteiger partial charge >= 0.3 is 0 Å². The third-order valence-corrected chi connectivity index (χ3v) is 3.34. The van der Waals surface area contributed by atoms with Crippen molar-refractivity contribution in [3.63, 3.8) is 0 Å². The summed E-state index contributed by atoms with van der Waals surface area (Å²) in [5.74, 6) is 1.05. The molecule has 2 unspecified atom stereocenters. The molecule has 5 heteroatoms. The van der Waals surface area contributed by atoms with Crippen LogP contribution in [-0.2, 0) is 11.2 Å². The molecule has 1 rings (SSSR count). The Bertz CT molecular complexity index is 463. The summed E-state index contributed by atoms with van der Waals surface area (Å²) in [6, 6.07) is 5.79. The summed E-state index contributed by atoms with van der Waals surface area (Å²) in [5.41, 5.74) is 6.62. The summed E-state index contributed by atoms with van der Waals surface area (Å²) in [6.45, 7) is 6.28. The summed E-state index contributed by atoms with van der Waals surface area (Å²) in [5, 5.41) is 2.90. The third-order valence-electron chi connectivity index (χ3n) is 3.34. The van der Waals surface area contributed by atoms with Gasteiger partial charge in [-0.25, -0.2) is 0 Å². The Labute approximate surface area is 126 Å². The van der Waals surface area contributed by atoms with Crippen molar-refractivity contribution in [1.82, 2.24) is 5.32 Å². The average molecular weight is 294 g/mol. The zero-order valence-corrected chi connectivity index (χ0v) is 13.3. The van der Waals surface area contributed by atoms with Crippen LogP contribution < -0.4 is 20.5 Å². The van der Waals surface area contributed by atoms with Crippen molar-refractivity contribution in [3.8, 4) is 11.5 Å². The fraction of sp³-hybridized carbons (Fsp3) is 0.562. The number of ether oxygens (including phenoxy) is 2. The minimum atomic E-state index is -0.582. The molecular weight excluding hydrogens is 268 g/mol. The van der Waals surface area contributed by atoms with E-state index in [2.05, 4.69) is 5.32 Å². The largest absolute Gasteiger partial charge is 0.493 e. The summed E-state index contributed by atoms with van der Waals surface area (Å²) in [4.78, 5) is 12.0. The number of carbonyl (C=O) groups is 1. The van der Waals surface area contributed by atoms with Crippen LogP contribution in [0.25, 0.3) is 0 Å². The smallest absolute Gasteiger partial charge is 0.260 e. The number of carbonyl (C=O) groups excluding carboxylic acids is 1. The van der Waals surface area contributed by atoms with Gasteiger partial charge in [0.1, 0.15) is 0 Å². The summed E-state index contributed by atoms with van der Waals surface area (Å²) in [7, 11) is 1.58. The number of nitrogens with two attached hydrogens (primary N) is 1. The molecule has 0 aliphatic heterocycles. The van der Waals surface area contributed by atoms with Crippen LogP contribution in [0.3, 0.4) is 0 Å². The number of nitrogens with one attached hydrogen (secondary N) is 1. The van der Waals surface area contributed by atoms with E-state index < -0.39 is 6.10 Å². The number of hydrogen-bond acceptors (Lipinski definition) is 4. The second kappa shape index (κ2) is 8.52. The third kappa shape index (κ3) is 5.27. The van der Waals surface area contributed by atoms with Crippen molar-refractivity contribution in [2.75, 3.05) is 13.7 Å². The predicted molar refractivity (Wildman–Crippen MR) is 83.7 cm³/mol. The fourth-order valence-electron chi connectivity index (χ4n) is 1.84. The summed E-state index contributed by atoms with van der Waals surface area (Å²) >= 11 is 0. The van der Waals surface area contributed by atoms with Crippen LogP contribution in [0.5, 0.6) is 11.5 Å². The lowest BCUT2D eigenvalue weighted by Gasteiger charge is -2.19. The maximum Gasteiger partial charge on any atom is 0.260 e. The molecule has 5 nitrogen and oxygen atoms in total. The van der Waals surface area contributed by atoms with Crippen molar-refractivity contribution in [3.05, 3.63) is 23.8 Å². The monoisotopic (exact) mass is 294 g/mol. The first-order valence-electron chi connectivity index (χ1n) is 7.35. The minimum absolute atomic E-state index is 0.129. The zero-order valence-electron chi connectivity index (χ0n) is 13.3. The van der Waals surface area contributed by atoms with Gasteiger partial charge in [-0.2, -0.15) is 0 Å². The normalized spacial score (nSPS) is 13.4. The quantitative estimate of drug-likeness (QED) is 0.768. The van der Waals surface area contributed by atoms with E-state index in [4.69, 9.17) is 15.2 Å². The van der Waals surface area contributed by atoms with Gasteiger partial charge in [0.05, 0.1) is 7.11 Å². The van der Waals surface area contributed by atoms with Crippen LogP contribution >= 0.6 is 0 Å². The van der Waals surface area contributed by atoms with Crippen molar-refractivity contribution in [1.29, 1.82) is 0 Å². The van der Waals surface area contributed by atoms with Gasteiger partial charge in [-0.15, -0.1) is 0 Å². The molecule has 118 valence electrons. The molecule has 3 N–H and O–H groups in total. The topological polar surface area (TPSA) is 73.6 Å². The van der Waals surface area contributed by atoms with E-state index in [-0.39, 0.29) is 11.9 Å². The fourth-order valence-corrected chi connectivity index (χ4v) is 1.84. The summed E-state index contributed by atoms with van der Waals surface area (Å²) < 4.78 is 11.0. The van der Waals surface area contributed by atoms with Crippen LogP contribution in [0.4, 0.5) is 0 Å². The van der Waals surface area contributed by atoms with Gasteiger partial charge < -0.3 is 20.5 Å². The second-order valence-corrected chi connectivity index (χ2v) is 5.10. The molecule has 0 radical (unpaired) electrons. The highest BCUT2D eigenvalue weighted by Gasteiger charge is 2.18. The highest BCUT2D eigenvalue weighted by atomic mass is 16.5. The van der Waals surface area contributed by atoms with E-state index in [9.17, 15) is 4.79 Å². The van der Waals surface area contributed by atoms with Crippen LogP contribution in [0.15, 0.2) is 18.2 Å². The Morgan fingerprint density at radius 3 is 2.62 bits per heavy atom. The Morgan fingerprint density at radius 1 is 1.33 bits per heavy atom. The van der Waals surface area contributed by atoms with Crippen molar-refractivity contribution in [2.45, 2.75) is 45.8 Å². The lowest BCUT2D eigenvalue weighted by molar-refractivity contribution is -0.127. The van der Waals surface area contributed by atoms with E-state index in [1.54, 1.807) is 14.0 Å². The number of benzene rings is 1. The van der Waals surface area contributed by atoms with Gasteiger partial charge in [-0.3, -0.25) is 4.79 Å². The maximum atomic E-state index is 12.0. The van der Waals surface area contributed by atoms with Crippen LogP contribution in [-0.4, -0.2) is 31.7 Å².